The summed E-state index contributed by atoms with van der Waals surface area (Å²) >= 11 is 32.2. The van der Waals surface area contributed by atoms with Crippen LogP contribution >= 0.6 is 7.14 Å². The standard InChI is InChI=1S/C36H15N12OP.12Al/c49-50(28-16-22(31-37-1-2-38-31)13-23(17-28)32-39-3-4-40-32,29-18-24(33-41-5-6-42-33)14-25(19-29)34-43-7-8-44-34)30-20-26(35-45-9-10-46-35)15-27(21-30)36-47-11-12-48-36;;;;;;;;;;;;/h13-21H,(H,37,38)(H,39,40)(H,41,42)(H,43,44)(H,45,46)(H,47,48);;;;;;;;;;;;. The molecule has 0 unspecified atom stereocenters. The summed E-state index contributed by atoms with van der Waals surface area (Å²) in [5.41, 5.74) is 4.28. The third kappa shape index (κ3) is 9.12. The van der Waals surface area contributed by atoms with Crippen LogP contribution in [0.1, 0.15) is 0 Å². The van der Waals surface area contributed by atoms with Crippen molar-refractivity contribution in [3.8, 4) is 68.3 Å². The predicted molar refractivity (Wildman–Crippen MR) is 256 cm³/mol. The van der Waals surface area contributed by atoms with Crippen molar-refractivity contribution >= 4 is 273 Å². The van der Waals surface area contributed by atoms with Crippen LogP contribution in [0.25, 0.3) is 68.3 Å². The lowest BCUT2D eigenvalue weighted by Crippen LogP contribution is -2.26. The van der Waals surface area contributed by atoms with Crippen LogP contribution in [0.4, 0.5) is 0 Å². The maximum absolute atomic E-state index is 17.5. The van der Waals surface area contributed by atoms with Crippen molar-refractivity contribution in [2.24, 2.45) is 0 Å². The van der Waals surface area contributed by atoms with E-state index >= 15 is 4.57 Å². The number of H-pyrrole nitrogens is 6. The number of imidazole rings is 6. The van der Waals surface area contributed by atoms with E-state index in [1.54, 1.807) is 0 Å². The van der Waals surface area contributed by atoms with Gasteiger partial charge in [-0.1, -0.05) is 54.7 Å². The highest BCUT2D eigenvalue weighted by molar-refractivity contribution is 7.85. The van der Waals surface area contributed by atoms with Crippen molar-refractivity contribution in [3.63, 3.8) is 0 Å². The number of aromatic nitrogens is 12. The highest BCUT2D eigenvalue weighted by atomic mass is 31.2. The molecule has 0 aliphatic carbocycles. The Morgan fingerprint density at radius 1 is 0.290 bits per heavy atom. The van der Waals surface area contributed by atoms with Gasteiger partial charge in [0.15, 0.2) is 7.14 Å². The quantitative estimate of drug-likeness (QED) is 0.0613. The van der Waals surface area contributed by atoms with E-state index in [0.717, 1.165) is 54.7 Å². The van der Waals surface area contributed by atoms with Gasteiger partial charge in [-0.25, -0.2) is 0 Å². The molecule has 9 aromatic rings. The van der Waals surface area contributed by atoms with Gasteiger partial charge in [0.05, 0.1) is 0 Å². The summed E-state index contributed by atoms with van der Waals surface area (Å²) in [5, 5.41) is 1.59. The normalized spacial score (nSPS) is 11.7. The monoisotopic (exact) mass is 986 g/mol. The summed E-state index contributed by atoms with van der Waals surface area (Å²) in [6.07, 6.45) is 0. The van der Waals surface area contributed by atoms with E-state index < -0.39 is 7.14 Å². The molecule has 0 saturated carbocycles. The number of rotatable bonds is 9. The molecule has 62 heavy (non-hydrogen) atoms. The molecule has 0 aliphatic rings. The Bertz CT molecular complexity index is 2660. The van der Waals surface area contributed by atoms with Gasteiger partial charge >= 0.3 is 0 Å². The molecule has 26 heteroatoms. The van der Waals surface area contributed by atoms with Crippen LogP contribution in [0.2, 0.25) is 0 Å². The molecule has 0 spiro atoms. The first kappa shape index (κ1) is 46.6. The van der Waals surface area contributed by atoms with Crippen molar-refractivity contribution in [1.29, 1.82) is 0 Å². The lowest BCUT2D eigenvalue weighted by atomic mass is 10.1. The van der Waals surface area contributed by atoms with Gasteiger partial charge in [0.2, 0.25) is 195 Å². The zero-order chi connectivity index (χ0) is 43.9. The average molecular weight is 986 g/mol. The Labute approximate surface area is 454 Å². The molecule has 6 N–H and O–H groups in total. The van der Waals surface area contributed by atoms with Crippen LogP contribution in [-0.4, -0.2) is 255 Å². The number of aromatic amines is 6. The molecule has 0 aliphatic heterocycles. The minimum absolute atomic E-state index is 0.530. The summed E-state index contributed by atoms with van der Waals surface area (Å²) in [6, 6.07) is 17.7. The topological polar surface area (TPSA) is 189 Å². The highest BCUT2D eigenvalue weighted by Crippen LogP contribution is 2.47. The maximum atomic E-state index is 17.5. The molecule has 3 aromatic carbocycles. The van der Waals surface area contributed by atoms with E-state index in [1.165, 1.54) is 0 Å². The number of benzene rings is 3. The van der Waals surface area contributed by atoms with E-state index in [0.29, 0.717) is 84.2 Å². The van der Waals surface area contributed by atoms with Crippen molar-refractivity contribution in [2.75, 3.05) is 0 Å². The smallest absolute Gasteiger partial charge is 0.210 e. The summed E-state index contributed by atoms with van der Waals surface area (Å²) < 4.78 is 26.9. The van der Waals surface area contributed by atoms with E-state index in [1.807, 2.05) is 54.6 Å². The molecule has 13 nitrogen and oxygen atoms in total. The molecule has 0 saturated heterocycles. The van der Waals surface area contributed by atoms with Gasteiger partial charge in [-0.2, -0.15) is 0 Å². The minimum atomic E-state index is -4.00. The molecule has 0 bridgehead atoms. The van der Waals surface area contributed by atoms with Crippen LogP contribution < -0.4 is 70.6 Å². The Morgan fingerprint density at radius 2 is 0.452 bits per heavy atom. The zero-order valence-electron chi connectivity index (χ0n) is 32.2. The first-order valence-electron chi connectivity index (χ1n) is 18.2. The SMILES string of the molecule is O=P(c1cc(-c2n[c]([Al])[c]([Al])[nH]2)cc(-c2n[c]([Al])[c]([Al])[nH]2)c1)(c1cc(-c2n[c]([Al])[c]([Al])[nH]2)cc(-c2n[c]([Al])[c]([Al])[nH]2)c1)c1cc(-c2n[c]([Al])[c]([Al])[nH]2)cc(-c2n[c]([Al])[c]([Al])[nH]2)c1. The van der Waals surface area contributed by atoms with Gasteiger partial charge < -0.3 is 34.5 Å². The third-order valence-electron chi connectivity index (χ3n) is 10.1. The molecular weight excluding hydrogens is 971 g/mol. The lowest BCUT2D eigenvalue weighted by molar-refractivity contribution is 0.592. The first-order chi connectivity index (χ1) is 29.4. The summed E-state index contributed by atoms with van der Waals surface area (Å²) in [6.45, 7) is 0. The average Bonchev–Trinajstić information content (AvgIpc) is 4.10. The van der Waals surface area contributed by atoms with E-state index in [4.69, 9.17) is 29.9 Å². The van der Waals surface area contributed by atoms with Crippen molar-refractivity contribution < 1.29 is 4.57 Å². The van der Waals surface area contributed by atoms with Gasteiger partial charge in [-0.15, -0.1) is 0 Å². The molecular formula is C36H15Al12N12OP. The largest absolute Gasteiger partial charge is 0.362 e. The second-order valence-corrected chi connectivity index (χ2v) is 23.7. The molecule has 266 valence electrons. The fourth-order valence-corrected chi connectivity index (χ4v) is 12.1. The Balaban J connectivity index is 1.42. The fraction of sp³-hybridized carbons (Fsp3) is 0. The fourth-order valence-electron chi connectivity index (χ4n) is 6.87. The highest BCUT2D eigenvalue weighted by Gasteiger charge is 2.34. The molecule has 6 aromatic heterocycles. The minimum Gasteiger partial charge on any atom is -0.362 e. The number of nitrogens with zero attached hydrogens (tertiary/aromatic N) is 6. The second kappa shape index (κ2) is 18.6. The van der Waals surface area contributed by atoms with Crippen LogP contribution in [-0.2, 0) is 4.57 Å². The molecule has 0 atom stereocenters. The van der Waals surface area contributed by atoms with E-state index in [2.05, 4.69) is 225 Å². The Hall–Kier alpha value is -0.460. The number of nitrogens with one attached hydrogen (secondary N) is 6. The van der Waals surface area contributed by atoms with Crippen LogP contribution in [0.3, 0.4) is 0 Å². The molecule has 6 heterocycles. The lowest BCUT2D eigenvalue weighted by Gasteiger charge is -2.24. The van der Waals surface area contributed by atoms with Gasteiger partial charge in [0.1, 0.15) is 34.9 Å². The second-order valence-electron chi connectivity index (χ2n) is 14.2. The van der Waals surface area contributed by atoms with Crippen molar-refractivity contribution in [3.05, 3.63) is 54.6 Å². The zero-order valence-corrected chi connectivity index (χ0v) is 46.9. The Morgan fingerprint density at radius 3 is 0.581 bits per heavy atom. The number of hydrogen-bond donors (Lipinski definition) is 6. The molecule has 0 fully saturated rings. The summed E-state index contributed by atoms with van der Waals surface area (Å²) in [7, 11) is -4.00. The van der Waals surface area contributed by atoms with Crippen LogP contribution in [0.5, 0.6) is 0 Å². The summed E-state index contributed by atoms with van der Waals surface area (Å²) in [4.78, 5) is 49.6. The number of hydrogen-bond acceptors (Lipinski definition) is 7. The predicted octanol–water partition coefficient (Wildman–Crippen LogP) is -8.81. The molecule has 24 radical (unpaired) electrons. The van der Waals surface area contributed by atoms with Gasteiger partial charge in [0, 0.05) is 49.3 Å². The van der Waals surface area contributed by atoms with Crippen molar-refractivity contribution in [2.45, 2.75) is 0 Å². The van der Waals surface area contributed by atoms with Gasteiger partial charge in [0.25, 0.3) is 0 Å². The van der Waals surface area contributed by atoms with Gasteiger partial charge in [-0.3, -0.25) is 29.9 Å². The molecule has 0 amide bonds. The van der Waals surface area contributed by atoms with E-state index in [-0.39, 0.29) is 0 Å². The van der Waals surface area contributed by atoms with Gasteiger partial charge in [-0.05, 0) is 54.6 Å². The third-order valence-corrected chi connectivity index (χ3v) is 20.3. The maximum Gasteiger partial charge on any atom is 0.210 e. The Kier molecular flexibility index (Phi) is 14.0. The van der Waals surface area contributed by atoms with E-state index in [9.17, 15) is 0 Å². The van der Waals surface area contributed by atoms with Crippen LogP contribution in [0, 0.1) is 0 Å². The van der Waals surface area contributed by atoms with Crippen molar-refractivity contribution in [1.82, 2.24) is 59.8 Å². The summed E-state index contributed by atoms with van der Waals surface area (Å²) in [5.74, 6) is 3.60. The molecule has 9 rings (SSSR count). The first-order valence-corrected chi connectivity index (χ1v) is 26.8. The van der Waals surface area contributed by atoms with Crippen LogP contribution in [0.15, 0.2) is 54.6 Å².